The third-order valence-electron chi connectivity index (χ3n) is 3.79. The van der Waals surface area contributed by atoms with E-state index in [1.807, 2.05) is 12.1 Å². The Morgan fingerprint density at radius 1 is 1.06 bits per heavy atom. The Morgan fingerprint density at radius 2 is 1.82 bits per heavy atom. The van der Waals surface area contributed by atoms with Crippen LogP contribution in [-0.4, -0.2) is 16.8 Å². The van der Waals surface area contributed by atoms with E-state index in [0.29, 0.717) is 12.5 Å². The maximum absolute atomic E-state index is 10.2. The molecule has 2 atom stereocenters. The van der Waals surface area contributed by atoms with Gasteiger partial charge in [-0.2, -0.15) is 0 Å². The Balaban J connectivity index is 1.78. The van der Waals surface area contributed by atoms with Gasteiger partial charge in [0.05, 0.1) is 6.10 Å². The molecule has 0 saturated carbocycles. The predicted octanol–water partition coefficient (Wildman–Crippen LogP) is 2.84. The lowest BCUT2D eigenvalue weighted by atomic mass is 9.96. The first-order valence-corrected chi connectivity index (χ1v) is 6.69. The Hall–Kier alpha value is -0.860. The molecule has 0 aromatic heterocycles. The number of aliphatic hydroxyl groups is 2. The van der Waals surface area contributed by atoms with E-state index in [1.165, 1.54) is 12.0 Å². The third-order valence-corrected chi connectivity index (χ3v) is 3.79. The van der Waals surface area contributed by atoms with Crippen LogP contribution in [0.3, 0.4) is 0 Å². The molecule has 2 heteroatoms. The summed E-state index contributed by atoms with van der Waals surface area (Å²) in [6, 6.07) is 8.23. The van der Waals surface area contributed by atoms with Gasteiger partial charge in [0, 0.05) is 6.61 Å². The summed E-state index contributed by atoms with van der Waals surface area (Å²) in [4.78, 5) is 0. The van der Waals surface area contributed by atoms with Crippen molar-refractivity contribution >= 4 is 0 Å². The highest BCUT2D eigenvalue weighted by Gasteiger charge is 2.29. The highest BCUT2D eigenvalue weighted by Crippen LogP contribution is 2.38. The average Bonchev–Trinajstić information content (AvgIpc) is 2.67. The molecular weight excluding hydrogens is 212 g/mol. The average molecular weight is 234 g/mol. The number of benzene rings is 1. The van der Waals surface area contributed by atoms with E-state index in [9.17, 15) is 5.11 Å². The summed E-state index contributed by atoms with van der Waals surface area (Å²) in [6.07, 6.45) is 6.21. The molecule has 0 amide bonds. The van der Waals surface area contributed by atoms with Crippen LogP contribution >= 0.6 is 0 Å². The molecule has 1 aromatic rings. The second-order valence-electron chi connectivity index (χ2n) is 5.03. The van der Waals surface area contributed by atoms with Gasteiger partial charge in [-0.1, -0.05) is 43.5 Å². The van der Waals surface area contributed by atoms with Crippen molar-refractivity contribution in [2.45, 2.75) is 44.6 Å². The van der Waals surface area contributed by atoms with Crippen molar-refractivity contribution in [3.63, 3.8) is 0 Å². The molecule has 94 valence electrons. The Morgan fingerprint density at radius 3 is 2.59 bits per heavy atom. The quantitative estimate of drug-likeness (QED) is 0.743. The van der Waals surface area contributed by atoms with Crippen molar-refractivity contribution in [2.75, 3.05) is 6.61 Å². The van der Waals surface area contributed by atoms with E-state index in [0.717, 1.165) is 37.7 Å². The van der Waals surface area contributed by atoms with Gasteiger partial charge in [0.2, 0.25) is 0 Å². The molecule has 0 aliphatic heterocycles. The second kappa shape index (κ2) is 6.18. The number of hydrogen-bond donors (Lipinski definition) is 2. The maximum Gasteiger partial charge on any atom is 0.0824 e. The van der Waals surface area contributed by atoms with Crippen molar-refractivity contribution in [1.82, 2.24) is 0 Å². The van der Waals surface area contributed by atoms with Gasteiger partial charge in [0.15, 0.2) is 0 Å². The van der Waals surface area contributed by atoms with Crippen LogP contribution in [0.2, 0.25) is 0 Å². The molecule has 2 rings (SSSR count). The van der Waals surface area contributed by atoms with Crippen LogP contribution in [0, 0.1) is 5.92 Å². The first-order valence-electron chi connectivity index (χ1n) is 6.69. The minimum absolute atomic E-state index is 0.260. The Labute approximate surface area is 103 Å². The fraction of sp³-hybridized carbons (Fsp3) is 0.600. The normalized spacial score (nSPS) is 22.7. The fourth-order valence-corrected chi connectivity index (χ4v) is 2.79. The summed E-state index contributed by atoms with van der Waals surface area (Å²) < 4.78 is 0. The van der Waals surface area contributed by atoms with Gasteiger partial charge in [-0.25, -0.2) is 0 Å². The number of aliphatic hydroxyl groups excluding tert-OH is 2. The molecule has 0 bridgehead atoms. The second-order valence-corrected chi connectivity index (χ2v) is 5.03. The Bertz CT molecular complexity index is 349. The predicted molar refractivity (Wildman–Crippen MR) is 68.8 cm³/mol. The number of fused-ring (bicyclic) bond motifs is 1. The lowest BCUT2D eigenvalue weighted by molar-refractivity contribution is 0.116. The lowest BCUT2D eigenvalue weighted by Gasteiger charge is -2.14. The van der Waals surface area contributed by atoms with Gasteiger partial charge >= 0.3 is 0 Å². The lowest BCUT2D eigenvalue weighted by Crippen LogP contribution is -2.06. The molecule has 2 nitrogen and oxygen atoms in total. The zero-order chi connectivity index (χ0) is 12.1. The largest absolute Gasteiger partial charge is 0.396 e. The van der Waals surface area contributed by atoms with Gasteiger partial charge in [0.1, 0.15) is 0 Å². The molecule has 2 N–H and O–H groups in total. The number of hydrogen-bond acceptors (Lipinski definition) is 2. The van der Waals surface area contributed by atoms with Crippen LogP contribution in [-0.2, 0) is 6.42 Å². The number of unbranched alkanes of at least 4 members (excludes halogenated alkanes) is 3. The Kier molecular flexibility index (Phi) is 4.57. The molecule has 1 aliphatic carbocycles. The van der Waals surface area contributed by atoms with Crippen molar-refractivity contribution < 1.29 is 10.2 Å². The molecular formula is C15H22O2. The molecule has 0 heterocycles. The van der Waals surface area contributed by atoms with E-state index in [-0.39, 0.29) is 6.10 Å². The van der Waals surface area contributed by atoms with E-state index >= 15 is 0 Å². The fourth-order valence-electron chi connectivity index (χ4n) is 2.79. The van der Waals surface area contributed by atoms with Crippen LogP contribution in [0.15, 0.2) is 24.3 Å². The van der Waals surface area contributed by atoms with Crippen LogP contribution in [0.25, 0.3) is 0 Å². The molecule has 0 fully saturated rings. The first-order chi connectivity index (χ1) is 8.33. The van der Waals surface area contributed by atoms with E-state index in [2.05, 4.69) is 12.1 Å². The summed E-state index contributed by atoms with van der Waals surface area (Å²) in [6.45, 7) is 0.303. The van der Waals surface area contributed by atoms with Gasteiger partial charge < -0.3 is 10.2 Å². The summed E-state index contributed by atoms with van der Waals surface area (Å²) >= 11 is 0. The zero-order valence-electron chi connectivity index (χ0n) is 10.3. The van der Waals surface area contributed by atoms with E-state index in [1.54, 1.807) is 0 Å². The first kappa shape index (κ1) is 12.6. The van der Waals surface area contributed by atoms with Crippen LogP contribution in [0.1, 0.15) is 49.3 Å². The van der Waals surface area contributed by atoms with Gasteiger partial charge in [0.25, 0.3) is 0 Å². The van der Waals surface area contributed by atoms with Crippen LogP contribution < -0.4 is 0 Å². The monoisotopic (exact) mass is 234 g/mol. The molecule has 0 saturated heterocycles. The molecule has 17 heavy (non-hydrogen) atoms. The molecule has 2 unspecified atom stereocenters. The van der Waals surface area contributed by atoms with Gasteiger partial charge in [-0.15, -0.1) is 0 Å². The molecule has 1 aliphatic rings. The van der Waals surface area contributed by atoms with Crippen LogP contribution in [0.4, 0.5) is 0 Å². The zero-order valence-corrected chi connectivity index (χ0v) is 10.3. The van der Waals surface area contributed by atoms with Crippen LogP contribution in [0.5, 0.6) is 0 Å². The molecule has 0 radical (unpaired) electrons. The highest BCUT2D eigenvalue weighted by atomic mass is 16.3. The van der Waals surface area contributed by atoms with E-state index in [4.69, 9.17) is 5.11 Å². The van der Waals surface area contributed by atoms with Gasteiger partial charge in [-0.3, -0.25) is 0 Å². The smallest absolute Gasteiger partial charge is 0.0824 e. The van der Waals surface area contributed by atoms with Crippen molar-refractivity contribution in [2.24, 2.45) is 5.92 Å². The third kappa shape index (κ3) is 3.08. The minimum atomic E-state index is -0.260. The van der Waals surface area contributed by atoms with Crippen molar-refractivity contribution in [3.05, 3.63) is 35.4 Å². The molecule has 1 aromatic carbocycles. The number of rotatable bonds is 6. The van der Waals surface area contributed by atoms with E-state index < -0.39 is 0 Å². The summed E-state index contributed by atoms with van der Waals surface area (Å²) in [5.74, 6) is 0.404. The summed E-state index contributed by atoms with van der Waals surface area (Å²) in [5.41, 5.74) is 2.45. The van der Waals surface area contributed by atoms with Crippen molar-refractivity contribution in [1.29, 1.82) is 0 Å². The van der Waals surface area contributed by atoms with Gasteiger partial charge in [-0.05, 0) is 36.3 Å². The van der Waals surface area contributed by atoms with Crippen molar-refractivity contribution in [3.8, 4) is 0 Å². The maximum atomic E-state index is 10.2. The highest BCUT2D eigenvalue weighted by molar-refractivity contribution is 5.34. The summed E-state index contributed by atoms with van der Waals surface area (Å²) in [7, 11) is 0. The minimum Gasteiger partial charge on any atom is -0.396 e. The topological polar surface area (TPSA) is 40.5 Å². The SMILES string of the molecule is OCCCCCCC1Cc2ccccc2C1O. The standard InChI is InChI=1S/C15H22O2/c16-10-6-2-1-3-8-13-11-12-7-4-5-9-14(12)15(13)17/h4-5,7,9,13,15-17H,1-3,6,8,10-11H2. The summed E-state index contributed by atoms with van der Waals surface area (Å²) in [5, 5.41) is 18.9. The molecule has 0 spiro atoms.